The Morgan fingerprint density at radius 3 is 2.44 bits per heavy atom. The first kappa shape index (κ1) is 30.8. The van der Waals surface area contributed by atoms with Gasteiger partial charge in [0.2, 0.25) is 17.7 Å². The minimum absolute atomic E-state index is 0.0251. The molecule has 2 heterocycles. The summed E-state index contributed by atoms with van der Waals surface area (Å²) in [5.41, 5.74) is 6.71. The minimum Gasteiger partial charge on any atom is -0.356 e. The topological polar surface area (TPSA) is 142 Å². The number of anilines is 2. The van der Waals surface area contributed by atoms with Crippen LogP contribution in [0.5, 0.6) is 0 Å². The molecule has 222 valence electrons. The zero-order chi connectivity index (χ0) is 30.1. The number of nitrogens with two attached hydrogens (primary N) is 1. The van der Waals surface area contributed by atoms with E-state index in [1.165, 1.54) is 6.07 Å². The highest BCUT2D eigenvalue weighted by molar-refractivity contribution is 7.93. The molecule has 2 aliphatic rings. The van der Waals surface area contributed by atoms with Crippen LogP contribution in [0.3, 0.4) is 0 Å². The van der Waals surface area contributed by atoms with Crippen molar-refractivity contribution in [2.45, 2.75) is 69.9 Å². The summed E-state index contributed by atoms with van der Waals surface area (Å²) >= 11 is 6.22. The molecule has 1 saturated heterocycles. The van der Waals surface area contributed by atoms with Gasteiger partial charge in [-0.1, -0.05) is 23.7 Å². The zero-order valence-corrected chi connectivity index (χ0v) is 25.4. The van der Waals surface area contributed by atoms with E-state index in [-0.39, 0.29) is 17.2 Å². The number of sulfonamides is 1. The monoisotopic (exact) mass is 603 g/mol. The van der Waals surface area contributed by atoms with Crippen LogP contribution in [-0.4, -0.2) is 62.3 Å². The van der Waals surface area contributed by atoms with Gasteiger partial charge in [-0.15, -0.1) is 0 Å². The lowest BCUT2D eigenvalue weighted by Gasteiger charge is -2.37. The molecule has 41 heavy (non-hydrogen) atoms. The normalized spacial score (nSPS) is 18.1. The van der Waals surface area contributed by atoms with Crippen LogP contribution >= 0.6 is 11.6 Å². The smallest absolute Gasteiger partial charge is 0.265 e. The molecule has 2 aromatic rings. The number of nitrogens with zero attached hydrogens (tertiary/aromatic N) is 2. The fourth-order valence-electron chi connectivity index (χ4n) is 5.37. The molecule has 2 aromatic carbocycles. The number of hydrogen-bond acceptors (Lipinski definition) is 6. The van der Waals surface area contributed by atoms with Gasteiger partial charge in [0.25, 0.3) is 10.0 Å². The maximum atomic E-state index is 14.1. The molecule has 4 rings (SSSR count). The number of hydrogen-bond donors (Lipinski definition) is 3. The van der Waals surface area contributed by atoms with Crippen LogP contribution in [0, 0.1) is 19.8 Å². The Labute approximate surface area is 246 Å². The van der Waals surface area contributed by atoms with Crippen molar-refractivity contribution >= 4 is 50.7 Å². The number of likely N-dealkylation sites (tertiary alicyclic amines) is 1. The van der Waals surface area contributed by atoms with Crippen LogP contribution in [0.2, 0.25) is 5.02 Å². The van der Waals surface area contributed by atoms with Gasteiger partial charge in [0.1, 0.15) is 6.04 Å². The van der Waals surface area contributed by atoms with Gasteiger partial charge in [0, 0.05) is 24.7 Å². The highest BCUT2D eigenvalue weighted by Crippen LogP contribution is 2.38. The Bertz CT molecular complexity index is 1450. The van der Waals surface area contributed by atoms with E-state index in [0.717, 1.165) is 17.1 Å². The summed E-state index contributed by atoms with van der Waals surface area (Å²) < 4.78 is 29.2. The largest absolute Gasteiger partial charge is 0.356 e. The predicted octanol–water partition coefficient (Wildman–Crippen LogP) is 3.35. The number of rotatable bonds is 8. The van der Waals surface area contributed by atoms with Crippen molar-refractivity contribution in [3.8, 4) is 0 Å². The fraction of sp³-hybridized carbons (Fsp3) is 0.483. The van der Waals surface area contributed by atoms with Gasteiger partial charge in [0.15, 0.2) is 0 Å². The summed E-state index contributed by atoms with van der Waals surface area (Å²) in [4.78, 5) is 40.5. The molecule has 3 amide bonds. The number of carbonyl (C=O) groups is 3. The average molecular weight is 604 g/mol. The highest BCUT2D eigenvalue weighted by Gasteiger charge is 2.42. The number of halogens is 1. The van der Waals surface area contributed by atoms with E-state index < -0.39 is 33.4 Å². The second-order valence-electron chi connectivity index (χ2n) is 11.5. The Kier molecular flexibility index (Phi) is 9.01. The van der Waals surface area contributed by atoms with Crippen molar-refractivity contribution in [2.75, 3.05) is 29.3 Å². The molecule has 1 fully saturated rings. The van der Waals surface area contributed by atoms with Crippen LogP contribution < -0.4 is 20.7 Å². The fourth-order valence-corrected chi connectivity index (χ4v) is 7.51. The van der Waals surface area contributed by atoms with E-state index in [2.05, 4.69) is 10.6 Å². The molecule has 0 aliphatic carbocycles. The Morgan fingerprint density at radius 2 is 1.78 bits per heavy atom. The van der Waals surface area contributed by atoms with Crippen molar-refractivity contribution in [2.24, 2.45) is 11.7 Å². The van der Waals surface area contributed by atoms with Gasteiger partial charge in [-0.25, -0.2) is 8.42 Å². The van der Waals surface area contributed by atoms with Crippen molar-refractivity contribution in [1.82, 2.24) is 10.2 Å². The summed E-state index contributed by atoms with van der Waals surface area (Å²) in [6, 6.07) is 8.41. The lowest BCUT2D eigenvalue weighted by atomic mass is 9.92. The van der Waals surface area contributed by atoms with E-state index in [1.807, 2.05) is 0 Å². The minimum atomic E-state index is -4.24. The van der Waals surface area contributed by atoms with Gasteiger partial charge in [-0.2, -0.15) is 0 Å². The van der Waals surface area contributed by atoms with Crippen molar-refractivity contribution in [3.05, 3.63) is 52.5 Å². The third-order valence-electron chi connectivity index (χ3n) is 7.68. The summed E-state index contributed by atoms with van der Waals surface area (Å²) in [5.74, 6) is -0.741. The maximum Gasteiger partial charge on any atom is 0.265 e. The van der Waals surface area contributed by atoms with Crippen molar-refractivity contribution in [1.29, 1.82) is 0 Å². The molecule has 2 aliphatic heterocycles. The lowest BCUT2D eigenvalue weighted by molar-refractivity contribution is -0.137. The van der Waals surface area contributed by atoms with Gasteiger partial charge in [-0.05, 0) is 88.3 Å². The molecule has 10 nitrogen and oxygen atoms in total. The molecule has 1 unspecified atom stereocenters. The van der Waals surface area contributed by atoms with E-state index >= 15 is 0 Å². The van der Waals surface area contributed by atoms with E-state index in [0.29, 0.717) is 59.5 Å². The SMILES string of the molecule is Cc1cc(S(=O)(=O)N2c3ccccc3NC(=O)C2CC(=O)NCCC2CCN(C(=O)C(C)(C)N)CC2)c(C)cc1Cl. The van der Waals surface area contributed by atoms with Gasteiger partial charge in [0.05, 0.1) is 28.2 Å². The number of amides is 3. The first-order valence-electron chi connectivity index (χ1n) is 13.8. The van der Waals surface area contributed by atoms with Gasteiger partial charge < -0.3 is 21.3 Å². The summed E-state index contributed by atoms with van der Waals surface area (Å²) in [6.07, 6.45) is 1.99. The standard InChI is InChI=1S/C29H38ClN5O5S/c1-18-16-25(19(2)15-21(18)30)41(39,40)35-23-8-6-5-7-22(23)33-27(37)24(35)17-26(36)32-12-9-20-10-13-34(14-11-20)28(38)29(3,4)31/h5-8,15-16,20,24H,9-14,17,31H2,1-4H3,(H,32,36)(H,33,37). The van der Waals surface area contributed by atoms with Crippen LogP contribution in [0.4, 0.5) is 11.4 Å². The summed E-state index contributed by atoms with van der Waals surface area (Å²) in [6.45, 7) is 8.38. The molecule has 4 N–H and O–H groups in total. The molecule has 0 saturated carbocycles. The van der Waals surface area contributed by atoms with Gasteiger partial charge in [-0.3, -0.25) is 18.7 Å². The first-order chi connectivity index (χ1) is 19.2. The predicted molar refractivity (Wildman–Crippen MR) is 159 cm³/mol. The molecule has 0 spiro atoms. The Hall–Kier alpha value is -3.15. The molecule has 0 bridgehead atoms. The van der Waals surface area contributed by atoms with E-state index in [4.69, 9.17) is 17.3 Å². The molecular weight excluding hydrogens is 566 g/mol. The number of nitrogens with one attached hydrogen (secondary N) is 2. The molecule has 0 radical (unpaired) electrons. The molecule has 12 heteroatoms. The quantitative estimate of drug-likeness (QED) is 0.422. The Morgan fingerprint density at radius 1 is 1.12 bits per heavy atom. The van der Waals surface area contributed by atoms with Crippen molar-refractivity contribution in [3.63, 3.8) is 0 Å². The average Bonchev–Trinajstić information content (AvgIpc) is 2.90. The Balaban J connectivity index is 1.46. The van der Waals surface area contributed by atoms with Crippen LogP contribution in [-0.2, 0) is 24.4 Å². The van der Waals surface area contributed by atoms with Crippen LogP contribution in [0.15, 0.2) is 41.3 Å². The number of aryl methyl sites for hydroxylation is 2. The number of piperidine rings is 1. The third kappa shape index (κ3) is 6.68. The lowest BCUT2D eigenvalue weighted by Crippen LogP contribution is -2.53. The van der Waals surface area contributed by atoms with Crippen LogP contribution in [0.1, 0.15) is 50.7 Å². The zero-order valence-electron chi connectivity index (χ0n) is 23.9. The molecule has 1 atom stereocenters. The number of benzene rings is 2. The molecular formula is C29H38ClN5O5S. The van der Waals surface area contributed by atoms with Crippen molar-refractivity contribution < 1.29 is 22.8 Å². The first-order valence-corrected chi connectivity index (χ1v) is 15.6. The number of fused-ring (bicyclic) bond motifs is 1. The summed E-state index contributed by atoms with van der Waals surface area (Å²) in [7, 11) is -4.24. The molecule has 0 aromatic heterocycles. The van der Waals surface area contributed by atoms with Crippen LogP contribution in [0.25, 0.3) is 0 Å². The summed E-state index contributed by atoms with van der Waals surface area (Å²) in [5, 5.41) is 6.05. The third-order valence-corrected chi connectivity index (χ3v) is 10.1. The second-order valence-corrected chi connectivity index (χ2v) is 13.7. The van der Waals surface area contributed by atoms with E-state index in [1.54, 1.807) is 62.9 Å². The number of para-hydroxylation sites is 2. The van der Waals surface area contributed by atoms with E-state index in [9.17, 15) is 22.8 Å². The highest BCUT2D eigenvalue weighted by atomic mass is 35.5. The van der Waals surface area contributed by atoms with Gasteiger partial charge >= 0.3 is 0 Å². The second kappa shape index (κ2) is 12.0. The maximum absolute atomic E-state index is 14.1. The number of carbonyl (C=O) groups excluding carboxylic acids is 3.